The van der Waals surface area contributed by atoms with Gasteiger partial charge in [0.1, 0.15) is 5.75 Å². The molecule has 2 aromatic carbocycles. The van der Waals surface area contributed by atoms with Crippen LogP contribution in [0.25, 0.3) is 0 Å². The first-order valence-electron chi connectivity index (χ1n) is 7.35. The van der Waals surface area contributed by atoms with E-state index in [-0.39, 0.29) is 6.04 Å². The SMILES string of the molecule is COc1cccc(CN(C)C2Cc3ccccc3C2N)c1. The third-order valence-electron chi connectivity index (χ3n) is 4.39. The van der Waals surface area contributed by atoms with Gasteiger partial charge in [0.15, 0.2) is 0 Å². The van der Waals surface area contributed by atoms with E-state index in [1.165, 1.54) is 16.7 Å². The first-order valence-corrected chi connectivity index (χ1v) is 7.35. The lowest BCUT2D eigenvalue weighted by atomic mass is 10.1. The maximum Gasteiger partial charge on any atom is 0.119 e. The van der Waals surface area contributed by atoms with Gasteiger partial charge in [0.05, 0.1) is 7.11 Å². The normalized spacial score (nSPS) is 20.6. The molecular weight excluding hydrogens is 260 g/mol. The van der Waals surface area contributed by atoms with Crippen molar-refractivity contribution in [1.29, 1.82) is 0 Å². The molecule has 110 valence electrons. The molecule has 0 radical (unpaired) electrons. The van der Waals surface area contributed by atoms with Crippen molar-refractivity contribution >= 4 is 0 Å². The van der Waals surface area contributed by atoms with E-state index in [0.29, 0.717) is 6.04 Å². The van der Waals surface area contributed by atoms with Gasteiger partial charge in [-0.3, -0.25) is 4.90 Å². The van der Waals surface area contributed by atoms with Crippen LogP contribution in [-0.2, 0) is 13.0 Å². The van der Waals surface area contributed by atoms with E-state index >= 15 is 0 Å². The molecule has 0 heterocycles. The average molecular weight is 282 g/mol. The molecule has 0 amide bonds. The number of benzene rings is 2. The quantitative estimate of drug-likeness (QED) is 0.937. The van der Waals surface area contributed by atoms with Crippen LogP contribution >= 0.6 is 0 Å². The molecule has 0 saturated carbocycles. The van der Waals surface area contributed by atoms with Crippen molar-refractivity contribution in [2.75, 3.05) is 14.2 Å². The Morgan fingerprint density at radius 3 is 2.76 bits per heavy atom. The highest BCUT2D eigenvalue weighted by Gasteiger charge is 2.31. The van der Waals surface area contributed by atoms with Gasteiger partial charge in [-0.25, -0.2) is 0 Å². The third kappa shape index (κ3) is 2.80. The fraction of sp³-hybridized carbons (Fsp3) is 0.333. The monoisotopic (exact) mass is 282 g/mol. The summed E-state index contributed by atoms with van der Waals surface area (Å²) in [5.41, 5.74) is 10.4. The Kier molecular flexibility index (Phi) is 3.95. The van der Waals surface area contributed by atoms with E-state index in [9.17, 15) is 0 Å². The lowest BCUT2D eigenvalue weighted by Gasteiger charge is -2.28. The third-order valence-corrected chi connectivity index (χ3v) is 4.39. The summed E-state index contributed by atoms with van der Waals surface area (Å²) < 4.78 is 5.29. The van der Waals surface area contributed by atoms with Crippen LogP contribution in [-0.4, -0.2) is 25.1 Å². The van der Waals surface area contributed by atoms with Crippen molar-refractivity contribution in [3.8, 4) is 5.75 Å². The number of rotatable bonds is 4. The second kappa shape index (κ2) is 5.88. The van der Waals surface area contributed by atoms with E-state index in [1.807, 2.05) is 12.1 Å². The van der Waals surface area contributed by atoms with Gasteiger partial charge in [0.2, 0.25) is 0 Å². The maximum absolute atomic E-state index is 6.43. The minimum absolute atomic E-state index is 0.0943. The molecule has 0 aromatic heterocycles. The van der Waals surface area contributed by atoms with E-state index in [0.717, 1.165) is 18.7 Å². The Hall–Kier alpha value is -1.84. The largest absolute Gasteiger partial charge is 0.497 e. The van der Waals surface area contributed by atoms with Gasteiger partial charge in [0, 0.05) is 18.6 Å². The van der Waals surface area contributed by atoms with E-state index in [1.54, 1.807) is 7.11 Å². The molecule has 0 spiro atoms. The number of hydrogen-bond acceptors (Lipinski definition) is 3. The van der Waals surface area contributed by atoms with Gasteiger partial charge in [-0.1, -0.05) is 36.4 Å². The Morgan fingerprint density at radius 2 is 2.00 bits per heavy atom. The first-order chi connectivity index (χ1) is 10.2. The number of methoxy groups -OCH3 is 1. The standard InChI is InChI=1S/C18H22N2O/c1-20(12-13-6-5-8-15(10-13)21-2)17-11-14-7-3-4-9-16(14)18(17)19/h3-10,17-18H,11-12,19H2,1-2H3. The van der Waals surface area contributed by atoms with Gasteiger partial charge >= 0.3 is 0 Å². The van der Waals surface area contributed by atoms with Crippen LogP contribution in [0.1, 0.15) is 22.7 Å². The number of ether oxygens (including phenoxy) is 1. The second-order valence-electron chi connectivity index (χ2n) is 5.76. The summed E-state index contributed by atoms with van der Waals surface area (Å²) in [4.78, 5) is 2.35. The van der Waals surface area contributed by atoms with E-state index in [2.05, 4.69) is 48.3 Å². The van der Waals surface area contributed by atoms with Crippen molar-refractivity contribution < 1.29 is 4.74 Å². The molecule has 2 unspecified atom stereocenters. The van der Waals surface area contributed by atoms with Crippen LogP contribution in [0.3, 0.4) is 0 Å². The van der Waals surface area contributed by atoms with E-state index < -0.39 is 0 Å². The second-order valence-corrected chi connectivity index (χ2v) is 5.76. The molecule has 3 heteroatoms. The minimum Gasteiger partial charge on any atom is -0.497 e. The molecule has 3 rings (SSSR count). The molecule has 0 aliphatic heterocycles. The highest BCUT2D eigenvalue weighted by Crippen LogP contribution is 2.32. The fourth-order valence-corrected chi connectivity index (χ4v) is 3.21. The zero-order valence-corrected chi connectivity index (χ0v) is 12.6. The highest BCUT2D eigenvalue weighted by atomic mass is 16.5. The number of hydrogen-bond donors (Lipinski definition) is 1. The molecular formula is C18H22N2O. The van der Waals surface area contributed by atoms with Gasteiger partial charge in [-0.15, -0.1) is 0 Å². The van der Waals surface area contributed by atoms with Crippen LogP contribution in [0.5, 0.6) is 5.75 Å². The summed E-state index contributed by atoms with van der Waals surface area (Å²) in [7, 11) is 3.85. The van der Waals surface area contributed by atoms with Gasteiger partial charge in [0.25, 0.3) is 0 Å². The number of fused-ring (bicyclic) bond motifs is 1. The van der Waals surface area contributed by atoms with Crippen LogP contribution in [0.4, 0.5) is 0 Å². The van der Waals surface area contributed by atoms with Crippen molar-refractivity contribution in [3.05, 3.63) is 65.2 Å². The van der Waals surface area contributed by atoms with Gasteiger partial charge in [-0.2, -0.15) is 0 Å². The van der Waals surface area contributed by atoms with Crippen LogP contribution < -0.4 is 10.5 Å². The molecule has 3 nitrogen and oxygen atoms in total. The summed E-state index contributed by atoms with van der Waals surface area (Å²) >= 11 is 0. The molecule has 1 aliphatic rings. The number of nitrogens with zero attached hydrogens (tertiary/aromatic N) is 1. The van der Waals surface area contributed by atoms with Crippen LogP contribution in [0, 0.1) is 0 Å². The summed E-state index contributed by atoms with van der Waals surface area (Å²) in [6.45, 7) is 0.879. The van der Waals surface area contributed by atoms with Crippen molar-refractivity contribution in [2.45, 2.75) is 25.0 Å². The smallest absolute Gasteiger partial charge is 0.119 e. The summed E-state index contributed by atoms with van der Waals surface area (Å²) in [5.74, 6) is 0.903. The average Bonchev–Trinajstić information content (AvgIpc) is 2.85. The first kappa shape index (κ1) is 14.1. The summed E-state index contributed by atoms with van der Waals surface area (Å²) in [6, 6.07) is 17.2. The zero-order chi connectivity index (χ0) is 14.8. The summed E-state index contributed by atoms with van der Waals surface area (Å²) in [6.07, 6.45) is 1.03. The Labute approximate surface area is 126 Å². The Bertz CT molecular complexity index is 626. The lowest BCUT2D eigenvalue weighted by molar-refractivity contribution is 0.214. The molecule has 1 aliphatic carbocycles. The topological polar surface area (TPSA) is 38.5 Å². The fourth-order valence-electron chi connectivity index (χ4n) is 3.21. The molecule has 0 saturated heterocycles. The van der Waals surface area contributed by atoms with Crippen molar-refractivity contribution in [1.82, 2.24) is 4.90 Å². The predicted molar refractivity (Wildman–Crippen MR) is 85.3 cm³/mol. The molecule has 2 N–H and O–H groups in total. The van der Waals surface area contributed by atoms with Crippen molar-refractivity contribution in [2.24, 2.45) is 5.73 Å². The zero-order valence-electron chi connectivity index (χ0n) is 12.6. The Morgan fingerprint density at radius 1 is 1.19 bits per heavy atom. The van der Waals surface area contributed by atoms with Crippen molar-refractivity contribution in [3.63, 3.8) is 0 Å². The van der Waals surface area contributed by atoms with E-state index in [4.69, 9.17) is 10.5 Å². The highest BCUT2D eigenvalue weighted by molar-refractivity contribution is 5.37. The lowest BCUT2D eigenvalue weighted by Crippen LogP contribution is -2.37. The molecule has 0 fully saturated rings. The minimum atomic E-state index is 0.0943. The van der Waals surface area contributed by atoms with Crippen LogP contribution in [0.15, 0.2) is 48.5 Å². The molecule has 21 heavy (non-hydrogen) atoms. The molecule has 2 aromatic rings. The summed E-state index contributed by atoms with van der Waals surface area (Å²) in [5, 5.41) is 0. The number of likely N-dealkylation sites (N-methyl/N-ethyl adjacent to an activating group) is 1. The number of nitrogens with two attached hydrogens (primary N) is 1. The predicted octanol–water partition coefficient (Wildman–Crippen LogP) is 2.75. The maximum atomic E-state index is 6.43. The van der Waals surface area contributed by atoms with Crippen LogP contribution in [0.2, 0.25) is 0 Å². The van der Waals surface area contributed by atoms with Gasteiger partial charge < -0.3 is 10.5 Å². The van der Waals surface area contributed by atoms with Gasteiger partial charge in [-0.05, 0) is 42.3 Å². The Balaban J connectivity index is 1.73. The molecule has 2 atom stereocenters. The molecule has 0 bridgehead atoms.